The zero-order chi connectivity index (χ0) is 11.4. The largest absolute Gasteiger partial charge is 0.394 e. The first kappa shape index (κ1) is 11.7. The molecular weight excluding hydrogens is 204 g/mol. The topological polar surface area (TPSA) is 61.4 Å². The monoisotopic (exact) mass is 226 g/mol. The average molecular weight is 226 g/mol. The molecule has 0 heterocycles. The number of hydrogen-bond acceptors (Lipinski definition) is 2. The summed E-state index contributed by atoms with van der Waals surface area (Å²) in [5.41, 5.74) is -0.345. The molecule has 0 radical (unpaired) electrons. The molecule has 0 saturated heterocycles. The lowest BCUT2D eigenvalue weighted by molar-refractivity contribution is 0.161. The lowest BCUT2D eigenvalue weighted by Crippen LogP contribution is -2.54. The second-order valence-corrected chi connectivity index (χ2v) is 5.23. The minimum absolute atomic E-state index is 0.0606. The van der Waals surface area contributed by atoms with E-state index in [0.29, 0.717) is 6.04 Å². The maximum Gasteiger partial charge on any atom is 0.315 e. The van der Waals surface area contributed by atoms with Gasteiger partial charge in [-0.05, 0) is 25.7 Å². The van der Waals surface area contributed by atoms with Gasteiger partial charge < -0.3 is 15.7 Å². The van der Waals surface area contributed by atoms with Crippen LogP contribution in [0, 0.1) is 0 Å². The molecule has 0 aromatic carbocycles. The van der Waals surface area contributed by atoms with Crippen LogP contribution in [-0.2, 0) is 0 Å². The Morgan fingerprint density at radius 3 is 2.38 bits per heavy atom. The molecule has 0 aliphatic heterocycles. The fraction of sp³-hybridized carbons (Fsp3) is 0.917. The molecule has 16 heavy (non-hydrogen) atoms. The number of hydrogen-bond donors (Lipinski definition) is 3. The summed E-state index contributed by atoms with van der Waals surface area (Å²) in [7, 11) is 0. The van der Waals surface area contributed by atoms with E-state index < -0.39 is 0 Å². The zero-order valence-electron chi connectivity index (χ0n) is 9.80. The Labute approximate surface area is 96.8 Å². The summed E-state index contributed by atoms with van der Waals surface area (Å²) >= 11 is 0. The number of aliphatic hydroxyl groups excluding tert-OH is 1. The Bertz CT molecular complexity index is 243. The Hall–Kier alpha value is -0.770. The van der Waals surface area contributed by atoms with Crippen molar-refractivity contribution >= 4 is 6.03 Å². The first-order valence-electron chi connectivity index (χ1n) is 6.44. The lowest BCUT2D eigenvalue weighted by Gasteiger charge is -2.28. The average Bonchev–Trinajstić information content (AvgIpc) is 2.90. The van der Waals surface area contributed by atoms with Crippen LogP contribution >= 0.6 is 0 Å². The molecule has 0 unspecified atom stereocenters. The van der Waals surface area contributed by atoms with Gasteiger partial charge in [-0.25, -0.2) is 4.79 Å². The van der Waals surface area contributed by atoms with Crippen molar-refractivity contribution in [3.8, 4) is 0 Å². The normalized spacial score (nSPS) is 24.6. The van der Waals surface area contributed by atoms with Gasteiger partial charge in [-0.1, -0.05) is 25.7 Å². The van der Waals surface area contributed by atoms with Crippen molar-refractivity contribution in [2.45, 2.75) is 62.9 Å². The number of amides is 2. The van der Waals surface area contributed by atoms with Crippen molar-refractivity contribution in [2.75, 3.05) is 6.61 Å². The van der Waals surface area contributed by atoms with Crippen molar-refractivity contribution in [2.24, 2.45) is 0 Å². The SMILES string of the molecule is O=C(NC1CCCC1)NC1(CO)CCCC1. The van der Waals surface area contributed by atoms with E-state index in [1.807, 2.05) is 0 Å². The van der Waals surface area contributed by atoms with E-state index in [1.165, 1.54) is 12.8 Å². The van der Waals surface area contributed by atoms with E-state index in [2.05, 4.69) is 10.6 Å². The summed E-state index contributed by atoms with van der Waals surface area (Å²) in [6, 6.07) is 0.250. The van der Waals surface area contributed by atoms with Crippen LogP contribution in [0.2, 0.25) is 0 Å². The summed E-state index contributed by atoms with van der Waals surface area (Å²) in [5.74, 6) is 0. The molecule has 0 aromatic heterocycles. The van der Waals surface area contributed by atoms with Gasteiger partial charge in [-0.15, -0.1) is 0 Å². The van der Waals surface area contributed by atoms with Gasteiger partial charge in [-0.3, -0.25) is 0 Å². The maximum absolute atomic E-state index is 11.8. The van der Waals surface area contributed by atoms with E-state index in [0.717, 1.165) is 38.5 Å². The minimum Gasteiger partial charge on any atom is -0.394 e. The van der Waals surface area contributed by atoms with Gasteiger partial charge in [0.15, 0.2) is 0 Å². The Morgan fingerprint density at radius 2 is 1.81 bits per heavy atom. The summed E-state index contributed by atoms with van der Waals surface area (Å²) in [6.07, 6.45) is 8.64. The van der Waals surface area contributed by atoms with Crippen molar-refractivity contribution in [3.63, 3.8) is 0 Å². The fourth-order valence-corrected chi connectivity index (χ4v) is 2.91. The highest BCUT2D eigenvalue weighted by Crippen LogP contribution is 2.29. The first-order valence-corrected chi connectivity index (χ1v) is 6.44. The quantitative estimate of drug-likeness (QED) is 0.683. The molecule has 0 atom stereocenters. The summed E-state index contributed by atoms with van der Waals surface area (Å²) < 4.78 is 0. The zero-order valence-corrected chi connectivity index (χ0v) is 9.80. The Balaban J connectivity index is 1.80. The van der Waals surface area contributed by atoms with Gasteiger partial charge in [0.05, 0.1) is 12.1 Å². The van der Waals surface area contributed by atoms with Crippen molar-refractivity contribution in [3.05, 3.63) is 0 Å². The van der Waals surface area contributed by atoms with Gasteiger partial charge in [-0.2, -0.15) is 0 Å². The molecule has 4 heteroatoms. The highest BCUT2D eigenvalue weighted by Gasteiger charge is 2.35. The number of carbonyl (C=O) groups is 1. The first-order chi connectivity index (χ1) is 7.74. The van der Waals surface area contributed by atoms with Crippen LogP contribution in [0.15, 0.2) is 0 Å². The minimum atomic E-state index is -0.345. The summed E-state index contributed by atoms with van der Waals surface area (Å²) in [6.45, 7) is 0.0606. The molecule has 0 bridgehead atoms. The predicted octanol–water partition coefficient (Wildman–Crippen LogP) is 1.53. The van der Waals surface area contributed by atoms with Crippen LogP contribution in [0.1, 0.15) is 51.4 Å². The molecule has 4 nitrogen and oxygen atoms in total. The maximum atomic E-state index is 11.8. The second kappa shape index (κ2) is 5.04. The van der Waals surface area contributed by atoms with E-state index >= 15 is 0 Å². The van der Waals surface area contributed by atoms with Gasteiger partial charge in [0.25, 0.3) is 0 Å². The van der Waals surface area contributed by atoms with Gasteiger partial charge >= 0.3 is 6.03 Å². The fourth-order valence-electron chi connectivity index (χ4n) is 2.91. The summed E-state index contributed by atoms with van der Waals surface area (Å²) in [4.78, 5) is 11.8. The highest BCUT2D eigenvalue weighted by molar-refractivity contribution is 5.75. The molecule has 92 valence electrons. The van der Waals surface area contributed by atoms with Crippen molar-refractivity contribution < 1.29 is 9.90 Å². The third-order valence-corrected chi connectivity index (χ3v) is 3.93. The molecule has 2 saturated carbocycles. The standard InChI is InChI=1S/C12H22N2O2/c15-9-12(7-3-4-8-12)14-11(16)13-10-5-1-2-6-10/h10,15H,1-9H2,(H2,13,14,16). The molecule has 3 N–H and O–H groups in total. The predicted molar refractivity (Wildman–Crippen MR) is 62.2 cm³/mol. The molecule has 2 amide bonds. The van der Waals surface area contributed by atoms with E-state index in [4.69, 9.17) is 0 Å². The Morgan fingerprint density at radius 1 is 1.19 bits per heavy atom. The van der Waals surface area contributed by atoms with Crippen LogP contribution in [0.4, 0.5) is 4.79 Å². The summed E-state index contributed by atoms with van der Waals surface area (Å²) in [5, 5.41) is 15.4. The number of carbonyl (C=O) groups excluding carboxylic acids is 1. The molecule has 0 spiro atoms. The highest BCUT2D eigenvalue weighted by atomic mass is 16.3. The third kappa shape index (κ3) is 2.67. The van der Waals surface area contributed by atoms with Crippen LogP contribution in [0.25, 0.3) is 0 Å². The molecule has 2 rings (SSSR count). The van der Waals surface area contributed by atoms with Crippen LogP contribution in [0.5, 0.6) is 0 Å². The smallest absolute Gasteiger partial charge is 0.315 e. The molecule has 2 aliphatic carbocycles. The number of urea groups is 1. The van der Waals surface area contributed by atoms with Crippen LogP contribution in [-0.4, -0.2) is 29.3 Å². The third-order valence-electron chi connectivity index (χ3n) is 3.93. The van der Waals surface area contributed by atoms with Gasteiger partial charge in [0.2, 0.25) is 0 Å². The number of nitrogens with one attached hydrogen (secondary N) is 2. The van der Waals surface area contributed by atoms with Crippen LogP contribution < -0.4 is 10.6 Å². The van der Waals surface area contributed by atoms with Crippen molar-refractivity contribution in [1.82, 2.24) is 10.6 Å². The second-order valence-electron chi connectivity index (χ2n) is 5.23. The lowest BCUT2D eigenvalue weighted by atomic mass is 9.99. The Kier molecular flexibility index (Phi) is 3.69. The van der Waals surface area contributed by atoms with Gasteiger partial charge in [0, 0.05) is 6.04 Å². The van der Waals surface area contributed by atoms with E-state index in [-0.39, 0.29) is 18.2 Å². The molecular formula is C12H22N2O2. The number of aliphatic hydroxyl groups is 1. The van der Waals surface area contributed by atoms with Crippen molar-refractivity contribution in [1.29, 1.82) is 0 Å². The van der Waals surface area contributed by atoms with E-state index in [9.17, 15) is 9.90 Å². The molecule has 0 aromatic rings. The number of rotatable bonds is 3. The van der Waals surface area contributed by atoms with Gasteiger partial charge in [0.1, 0.15) is 0 Å². The molecule has 2 fully saturated rings. The van der Waals surface area contributed by atoms with E-state index in [1.54, 1.807) is 0 Å². The molecule has 2 aliphatic rings. The van der Waals surface area contributed by atoms with Crippen LogP contribution in [0.3, 0.4) is 0 Å².